The van der Waals surface area contributed by atoms with E-state index in [9.17, 15) is 15.2 Å². The van der Waals surface area contributed by atoms with Gasteiger partial charge >= 0.3 is 6.09 Å². The molecule has 4 rings (SSSR count). The van der Waals surface area contributed by atoms with Crippen LogP contribution in [-0.4, -0.2) is 62.0 Å². The van der Waals surface area contributed by atoms with Gasteiger partial charge in [0, 0.05) is 43.5 Å². The lowest BCUT2D eigenvalue weighted by Crippen LogP contribution is -2.48. The van der Waals surface area contributed by atoms with Gasteiger partial charge in [0.1, 0.15) is 17.6 Å². The Bertz CT molecular complexity index is 1050. The van der Waals surface area contributed by atoms with Gasteiger partial charge in [-0.15, -0.1) is 0 Å². The molecule has 9 heteroatoms. The Hall–Kier alpha value is -3.80. The van der Waals surface area contributed by atoms with E-state index in [1.54, 1.807) is 12.3 Å². The monoisotopic (exact) mass is 364 g/mol. The van der Waals surface area contributed by atoms with E-state index in [2.05, 4.69) is 16.2 Å². The van der Waals surface area contributed by atoms with E-state index in [0.29, 0.717) is 42.8 Å². The third-order valence-corrected chi connectivity index (χ3v) is 4.65. The quantitative estimate of drug-likeness (QED) is 0.711. The summed E-state index contributed by atoms with van der Waals surface area (Å²) in [6, 6.07) is 7.42. The number of carboxylic acid groups (broad SMARTS) is 1. The maximum atomic E-state index is 11.0. The van der Waals surface area contributed by atoms with Crippen molar-refractivity contribution in [2.24, 2.45) is 0 Å². The summed E-state index contributed by atoms with van der Waals surface area (Å²) >= 11 is 0. The second kappa shape index (κ2) is 6.49. The van der Waals surface area contributed by atoms with E-state index in [1.807, 2.05) is 17.0 Å². The minimum Gasteiger partial charge on any atom is -0.506 e. The van der Waals surface area contributed by atoms with E-state index in [0.717, 1.165) is 11.4 Å². The summed E-state index contributed by atoms with van der Waals surface area (Å²) in [6.45, 7) is 2.03. The first-order valence-electron chi connectivity index (χ1n) is 8.36. The second-order valence-electron chi connectivity index (χ2n) is 6.24. The minimum absolute atomic E-state index is 0.0407. The molecule has 0 atom stereocenters. The fourth-order valence-corrected chi connectivity index (χ4v) is 3.27. The van der Waals surface area contributed by atoms with E-state index in [1.165, 1.54) is 21.8 Å². The third kappa shape index (κ3) is 2.97. The molecule has 3 aromatic rings. The Morgan fingerprint density at radius 3 is 2.59 bits per heavy atom. The molecule has 1 fully saturated rings. The van der Waals surface area contributed by atoms with Crippen LogP contribution in [-0.2, 0) is 0 Å². The highest BCUT2D eigenvalue weighted by Crippen LogP contribution is 2.30. The number of fused-ring (bicyclic) bond motifs is 1. The molecule has 1 aliphatic rings. The summed E-state index contributed by atoms with van der Waals surface area (Å²) < 4.78 is 1.47. The van der Waals surface area contributed by atoms with Crippen molar-refractivity contribution in [3.05, 3.63) is 42.4 Å². The molecule has 4 heterocycles. The third-order valence-electron chi connectivity index (χ3n) is 4.65. The molecule has 1 aliphatic heterocycles. The topological polar surface area (TPSA) is 118 Å². The maximum Gasteiger partial charge on any atom is 0.407 e. The Morgan fingerprint density at radius 1 is 1.19 bits per heavy atom. The van der Waals surface area contributed by atoms with Gasteiger partial charge in [-0.05, 0) is 18.2 Å². The number of aromatic nitrogens is 3. The molecule has 0 aliphatic carbocycles. The van der Waals surface area contributed by atoms with Crippen LogP contribution in [0, 0.1) is 11.3 Å². The highest BCUT2D eigenvalue weighted by atomic mass is 16.4. The molecule has 136 valence electrons. The summed E-state index contributed by atoms with van der Waals surface area (Å²) in [5.41, 5.74) is 2.44. The molecule has 0 saturated carbocycles. The number of piperazine rings is 1. The Kier molecular flexibility index (Phi) is 4.01. The van der Waals surface area contributed by atoms with Crippen molar-refractivity contribution in [3.8, 4) is 22.9 Å². The Morgan fingerprint density at radius 2 is 1.96 bits per heavy atom. The van der Waals surface area contributed by atoms with Crippen molar-refractivity contribution in [1.29, 1.82) is 5.26 Å². The molecule has 2 N–H and O–H groups in total. The lowest BCUT2D eigenvalue weighted by Gasteiger charge is -2.33. The van der Waals surface area contributed by atoms with Gasteiger partial charge in [0.15, 0.2) is 0 Å². The number of hydrogen-bond donors (Lipinski definition) is 2. The SMILES string of the molecule is N#Cc1cnn2cc(O)cc(-c3ccc(N4CCN(C(=O)O)CC4)nc3)c12. The van der Waals surface area contributed by atoms with Crippen molar-refractivity contribution in [1.82, 2.24) is 19.5 Å². The molecule has 9 nitrogen and oxygen atoms in total. The van der Waals surface area contributed by atoms with Crippen molar-refractivity contribution in [3.63, 3.8) is 0 Å². The molecule has 1 saturated heterocycles. The standard InChI is InChI=1S/C18H16N6O3/c19-8-13-10-21-24-11-14(25)7-15(17(13)24)12-1-2-16(20-9-12)22-3-5-23(6-4-22)18(26)27/h1-2,7,9-11,25H,3-6H2,(H,26,27). The van der Waals surface area contributed by atoms with Crippen LogP contribution >= 0.6 is 0 Å². The molecule has 0 aromatic carbocycles. The van der Waals surface area contributed by atoms with Crippen molar-refractivity contribution in [2.45, 2.75) is 0 Å². The summed E-state index contributed by atoms with van der Waals surface area (Å²) in [6.07, 6.45) is 3.69. The van der Waals surface area contributed by atoms with Crippen LogP contribution in [0.5, 0.6) is 5.75 Å². The lowest BCUT2D eigenvalue weighted by atomic mass is 10.1. The van der Waals surface area contributed by atoms with Gasteiger partial charge in [-0.25, -0.2) is 14.3 Å². The number of anilines is 1. The number of carbonyl (C=O) groups is 1. The number of aromatic hydroxyl groups is 1. The van der Waals surface area contributed by atoms with Crippen molar-refractivity contribution < 1.29 is 15.0 Å². The zero-order chi connectivity index (χ0) is 19.0. The molecule has 0 radical (unpaired) electrons. The second-order valence-corrected chi connectivity index (χ2v) is 6.24. The van der Waals surface area contributed by atoms with E-state index in [-0.39, 0.29) is 5.75 Å². The van der Waals surface area contributed by atoms with Crippen LogP contribution in [0.3, 0.4) is 0 Å². The van der Waals surface area contributed by atoms with Crippen molar-refractivity contribution in [2.75, 3.05) is 31.1 Å². The van der Waals surface area contributed by atoms with Gasteiger partial charge in [-0.3, -0.25) is 0 Å². The zero-order valence-corrected chi connectivity index (χ0v) is 14.3. The highest BCUT2D eigenvalue weighted by Gasteiger charge is 2.21. The van der Waals surface area contributed by atoms with Crippen LogP contribution in [0.25, 0.3) is 16.6 Å². The maximum absolute atomic E-state index is 11.0. The first-order valence-corrected chi connectivity index (χ1v) is 8.36. The van der Waals surface area contributed by atoms with Gasteiger partial charge in [-0.1, -0.05) is 0 Å². The molecule has 3 aromatic heterocycles. The first-order chi connectivity index (χ1) is 13.1. The Balaban J connectivity index is 1.64. The largest absolute Gasteiger partial charge is 0.506 e. The zero-order valence-electron chi connectivity index (χ0n) is 14.3. The van der Waals surface area contributed by atoms with Gasteiger partial charge in [0.05, 0.1) is 23.5 Å². The van der Waals surface area contributed by atoms with Crippen LogP contribution in [0.15, 0.2) is 36.8 Å². The average Bonchev–Trinajstić information content (AvgIpc) is 3.10. The first kappa shape index (κ1) is 16.7. The number of hydrogen-bond acceptors (Lipinski definition) is 6. The fraction of sp³-hybridized carbons (Fsp3) is 0.222. The van der Waals surface area contributed by atoms with Gasteiger partial charge in [0.25, 0.3) is 0 Å². The molecular weight excluding hydrogens is 348 g/mol. The lowest BCUT2D eigenvalue weighted by molar-refractivity contribution is 0.142. The van der Waals surface area contributed by atoms with Crippen LogP contribution in [0.4, 0.5) is 10.6 Å². The fourth-order valence-electron chi connectivity index (χ4n) is 3.27. The van der Waals surface area contributed by atoms with E-state index < -0.39 is 6.09 Å². The summed E-state index contributed by atoms with van der Waals surface area (Å²) in [7, 11) is 0. The summed E-state index contributed by atoms with van der Waals surface area (Å²) in [5, 5.41) is 32.4. The molecule has 0 spiro atoms. The number of pyridine rings is 2. The highest BCUT2D eigenvalue weighted by molar-refractivity contribution is 5.85. The molecule has 27 heavy (non-hydrogen) atoms. The Labute approximate surface area is 154 Å². The van der Waals surface area contributed by atoms with Crippen LogP contribution < -0.4 is 4.90 Å². The van der Waals surface area contributed by atoms with Gasteiger partial charge in [-0.2, -0.15) is 10.4 Å². The summed E-state index contributed by atoms with van der Waals surface area (Å²) in [4.78, 5) is 18.9. The number of rotatable bonds is 2. The van der Waals surface area contributed by atoms with E-state index in [4.69, 9.17) is 5.11 Å². The molecular formula is C18H16N6O3. The number of nitriles is 1. The normalized spacial score (nSPS) is 14.3. The van der Waals surface area contributed by atoms with E-state index >= 15 is 0 Å². The van der Waals surface area contributed by atoms with Crippen LogP contribution in [0.2, 0.25) is 0 Å². The predicted molar refractivity (Wildman–Crippen MR) is 96.6 cm³/mol. The number of amides is 1. The van der Waals surface area contributed by atoms with Crippen LogP contribution in [0.1, 0.15) is 5.56 Å². The van der Waals surface area contributed by atoms with Crippen molar-refractivity contribution >= 4 is 17.4 Å². The average molecular weight is 364 g/mol. The predicted octanol–water partition coefficient (Wildman–Crippen LogP) is 1.77. The minimum atomic E-state index is -0.903. The molecule has 1 amide bonds. The smallest absolute Gasteiger partial charge is 0.407 e. The van der Waals surface area contributed by atoms with Gasteiger partial charge in [0.2, 0.25) is 0 Å². The molecule has 0 bridgehead atoms. The number of nitrogens with zero attached hydrogens (tertiary/aromatic N) is 6. The summed E-state index contributed by atoms with van der Waals surface area (Å²) in [5.74, 6) is 0.799. The molecule has 0 unspecified atom stereocenters. The van der Waals surface area contributed by atoms with Gasteiger partial charge < -0.3 is 20.0 Å².